The van der Waals surface area contributed by atoms with Gasteiger partial charge in [-0.2, -0.15) is 0 Å². The lowest BCUT2D eigenvalue weighted by Gasteiger charge is -2.36. The largest absolute Gasteiger partial charge is 0.489 e. The molecule has 0 unspecified atom stereocenters. The highest BCUT2D eigenvalue weighted by molar-refractivity contribution is 7.21. The fourth-order valence-corrected chi connectivity index (χ4v) is 6.30. The standard InChI is InChI=1S/C28H31FN2O3S/c1-19-10-14-30(15-11-19)27(32)20-12-16-31(17-13-20)28(33)26-22(18-34-21-6-3-2-4-7-21)25-23(29)8-5-9-24(25)35-26/h2-9,19-20H,10-18H2,1H3. The van der Waals surface area contributed by atoms with Gasteiger partial charge in [0.15, 0.2) is 0 Å². The molecule has 2 saturated heterocycles. The Morgan fingerprint density at radius 2 is 1.63 bits per heavy atom. The van der Waals surface area contributed by atoms with Gasteiger partial charge in [0.05, 0.1) is 4.88 Å². The maximum Gasteiger partial charge on any atom is 0.264 e. The molecule has 3 heterocycles. The number of carbonyl (C=O) groups excluding carboxylic acids is 2. The van der Waals surface area contributed by atoms with Gasteiger partial charge in [0.1, 0.15) is 18.2 Å². The number of piperidine rings is 2. The Hall–Kier alpha value is -2.93. The van der Waals surface area contributed by atoms with E-state index in [1.165, 1.54) is 17.4 Å². The third-order valence-electron chi connectivity index (χ3n) is 7.31. The zero-order chi connectivity index (χ0) is 24.4. The first kappa shape index (κ1) is 23.8. The van der Waals surface area contributed by atoms with Crippen LogP contribution < -0.4 is 4.74 Å². The fraction of sp³-hybridized carbons (Fsp3) is 0.429. The van der Waals surface area contributed by atoms with Gasteiger partial charge < -0.3 is 14.5 Å². The number of thiophene rings is 1. The molecule has 184 valence electrons. The second-order valence-electron chi connectivity index (χ2n) is 9.70. The first-order valence-corrected chi connectivity index (χ1v) is 13.3. The lowest BCUT2D eigenvalue weighted by molar-refractivity contribution is -0.138. The van der Waals surface area contributed by atoms with Crippen molar-refractivity contribution < 1.29 is 18.7 Å². The molecule has 0 saturated carbocycles. The minimum atomic E-state index is -0.343. The highest BCUT2D eigenvalue weighted by Crippen LogP contribution is 2.36. The van der Waals surface area contributed by atoms with Gasteiger partial charge in [-0.1, -0.05) is 31.2 Å². The van der Waals surface area contributed by atoms with Crippen LogP contribution >= 0.6 is 11.3 Å². The van der Waals surface area contributed by atoms with Crippen LogP contribution in [-0.2, 0) is 11.4 Å². The van der Waals surface area contributed by atoms with Gasteiger partial charge in [-0.05, 0) is 55.9 Å². The van der Waals surface area contributed by atoms with Gasteiger partial charge >= 0.3 is 0 Å². The smallest absolute Gasteiger partial charge is 0.264 e. The molecule has 0 spiro atoms. The zero-order valence-corrected chi connectivity index (χ0v) is 20.9. The minimum Gasteiger partial charge on any atom is -0.489 e. The number of rotatable bonds is 5. The van der Waals surface area contributed by atoms with E-state index in [2.05, 4.69) is 6.92 Å². The number of ether oxygens (including phenoxy) is 1. The Kier molecular flexibility index (Phi) is 7.04. The molecule has 0 radical (unpaired) electrons. The molecular weight excluding hydrogens is 463 g/mol. The molecule has 5 rings (SSSR count). The molecule has 0 bridgehead atoms. The molecule has 0 aliphatic carbocycles. The quantitative estimate of drug-likeness (QED) is 0.455. The molecule has 2 amide bonds. The van der Waals surface area contributed by atoms with Crippen LogP contribution in [0.1, 0.15) is 47.8 Å². The van der Waals surface area contributed by atoms with Gasteiger partial charge in [-0.15, -0.1) is 11.3 Å². The molecule has 0 N–H and O–H groups in total. The summed E-state index contributed by atoms with van der Waals surface area (Å²) < 4.78 is 21.5. The fourth-order valence-electron chi connectivity index (χ4n) is 5.11. The second kappa shape index (κ2) is 10.4. The molecule has 1 aromatic heterocycles. The van der Waals surface area contributed by atoms with Crippen molar-refractivity contribution in [2.45, 2.75) is 39.2 Å². The van der Waals surface area contributed by atoms with E-state index in [1.54, 1.807) is 6.07 Å². The van der Waals surface area contributed by atoms with Crippen molar-refractivity contribution in [1.82, 2.24) is 9.80 Å². The Morgan fingerprint density at radius 3 is 2.34 bits per heavy atom. The van der Waals surface area contributed by atoms with E-state index in [0.29, 0.717) is 53.4 Å². The average Bonchev–Trinajstić information content (AvgIpc) is 3.27. The Morgan fingerprint density at radius 1 is 0.943 bits per heavy atom. The van der Waals surface area contributed by atoms with E-state index in [-0.39, 0.29) is 30.2 Å². The number of likely N-dealkylation sites (tertiary alicyclic amines) is 2. The van der Waals surface area contributed by atoms with Crippen molar-refractivity contribution in [1.29, 1.82) is 0 Å². The van der Waals surface area contributed by atoms with Gasteiger partial charge in [0.2, 0.25) is 5.91 Å². The van der Waals surface area contributed by atoms with E-state index in [1.807, 2.05) is 46.2 Å². The highest BCUT2D eigenvalue weighted by atomic mass is 32.1. The molecule has 2 aromatic carbocycles. The monoisotopic (exact) mass is 494 g/mol. The summed E-state index contributed by atoms with van der Waals surface area (Å²) in [7, 11) is 0. The number of para-hydroxylation sites is 1. The van der Waals surface area contributed by atoms with Crippen molar-refractivity contribution in [3.8, 4) is 5.75 Å². The van der Waals surface area contributed by atoms with Gasteiger partial charge in [0.25, 0.3) is 5.91 Å². The molecule has 0 atom stereocenters. The summed E-state index contributed by atoms with van der Waals surface area (Å²) in [6, 6.07) is 14.3. The van der Waals surface area contributed by atoms with Crippen molar-refractivity contribution >= 4 is 33.2 Å². The average molecular weight is 495 g/mol. The normalized spacial score (nSPS) is 17.7. The number of benzene rings is 2. The molecule has 35 heavy (non-hydrogen) atoms. The Balaban J connectivity index is 1.31. The third kappa shape index (κ3) is 5.06. The molecule has 2 aliphatic heterocycles. The van der Waals surface area contributed by atoms with E-state index in [0.717, 1.165) is 30.6 Å². The molecular formula is C28H31FN2O3S. The van der Waals surface area contributed by atoms with Crippen LogP contribution in [0.4, 0.5) is 4.39 Å². The van der Waals surface area contributed by atoms with Crippen LogP contribution in [0.15, 0.2) is 48.5 Å². The number of halogens is 1. The van der Waals surface area contributed by atoms with Crippen LogP contribution in [0.25, 0.3) is 10.1 Å². The number of hydrogen-bond acceptors (Lipinski definition) is 4. The first-order valence-electron chi connectivity index (χ1n) is 12.5. The van der Waals surface area contributed by atoms with Crippen LogP contribution in [0.2, 0.25) is 0 Å². The predicted molar refractivity (Wildman–Crippen MR) is 136 cm³/mol. The van der Waals surface area contributed by atoms with Crippen molar-refractivity contribution in [3.05, 3.63) is 64.8 Å². The van der Waals surface area contributed by atoms with E-state index < -0.39 is 0 Å². The number of nitrogens with zero attached hydrogens (tertiary/aromatic N) is 2. The van der Waals surface area contributed by atoms with Gasteiger partial charge in [-0.25, -0.2) is 4.39 Å². The molecule has 3 aromatic rings. The summed E-state index contributed by atoms with van der Waals surface area (Å²) in [6.45, 7) is 5.12. The van der Waals surface area contributed by atoms with Crippen LogP contribution in [0.5, 0.6) is 5.75 Å². The SMILES string of the molecule is CC1CCN(C(=O)C2CCN(C(=O)c3sc4cccc(F)c4c3COc3ccccc3)CC2)CC1. The lowest BCUT2D eigenvalue weighted by atomic mass is 9.92. The molecule has 2 aliphatic rings. The van der Waals surface area contributed by atoms with Crippen LogP contribution in [-0.4, -0.2) is 47.8 Å². The number of carbonyl (C=O) groups is 2. The van der Waals surface area contributed by atoms with Gasteiger partial charge in [0, 0.05) is 47.7 Å². The van der Waals surface area contributed by atoms with Crippen LogP contribution in [0, 0.1) is 17.7 Å². The van der Waals surface area contributed by atoms with E-state index in [9.17, 15) is 14.0 Å². The Labute approximate surface area is 209 Å². The molecule has 7 heteroatoms. The summed E-state index contributed by atoms with van der Waals surface area (Å²) in [5.41, 5.74) is 0.595. The van der Waals surface area contributed by atoms with E-state index in [4.69, 9.17) is 4.74 Å². The summed E-state index contributed by atoms with van der Waals surface area (Å²) in [4.78, 5) is 30.9. The van der Waals surface area contributed by atoms with Crippen molar-refractivity contribution in [3.63, 3.8) is 0 Å². The predicted octanol–water partition coefficient (Wildman–Crippen LogP) is 5.73. The number of amides is 2. The first-order chi connectivity index (χ1) is 17.0. The second-order valence-corrected chi connectivity index (χ2v) is 10.8. The van der Waals surface area contributed by atoms with Gasteiger partial charge in [-0.3, -0.25) is 9.59 Å². The topological polar surface area (TPSA) is 49.9 Å². The molecule has 2 fully saturated rings. The van der Waals surface area contributed by atoms with E-state index >= 15 is 0 Å². The van der Waals surface area contributed by atoms with Crippen molar-refractivity contribution in [2.75, 3.05) is 26.2 Å². The summed E-state index contributed by atoms with van der Waals surface area (Å²) >= 11 is 1.32. The van der Waals surface area contributed by atoms with Crippen LogP contribution in [0.3, 0.4) is 0 Å². The maximum absolute atomic E-state index is 14.8. The highest BCUT2D eigenvalue weighted by Gasteiger charge is 2.33. The molecule has 5 nitrogen and oxygen atoms in total. The summed E-state index contributed by atoms with van der Waals surface area (Å²) in [5, 5.41) is 0.459. The maximum atomic E-state index is 14.8. The summed E-state index contributed by atoms with van der Waals surface area (Å²) in [6.07, 6.45) is 3.48. The minimum absolute atomic E-state index is 0.0202. The number of fused-ring (bicyclic) bond motifs is 1. The lowest BCUT2D eigenvalue weighted by Crippen LogP contribution is -2.46. The van der Waals surface area contributed by atoms with Crippen molar-refractivity contribution in [2.24, 2.45) is 11.8 Å². The Bertz CT molecular complexity index is 1200. The number of hydrogen-bond donors (Lipinski definition) is 0. The third-order valence-corrected chi connectivity index (χ3v) is 8.50. The summed E-state index contributed by atoms with van der Waals surface area (Å²) in [5.74, 6) is 1.13. The zero-order valence-electron chi connectivity index (χ0n) is 20.0.